The number of aliphatic imine (C=N–C) groups is 1. The Hall–Kier alpha value is -2.88. The molecule has 3 rings (SSSR count). The van der Waals surface area contributed by atoms with Crippen LogP contribution in [0.3, 0.4) is 0 Å². The van der Waals surface area contributed by atoms with Crippen molar-refractivity contribution in [2.45, 2.75) is 0 Å². The summed E-state index contributed by atoms with van der Waals surface area (Å²) in [5, 5.41) is 19.7. The molecule has 0 atom stereocenters. The van der Waals surface area contributed by atoms with Gasteiger partial charge >= 0.3 is 0 Å². The number of phenolic OH excluding ortho intramolecular Hbond substituents is 2. The van der Waals surface area contributed by atoms with Gasteiger partial charge in [-0.25, -0.2) is 4.99 Å². The highest BCUT2D eigenvalue weighted by molar-refractivity contribution is 6.25. The topological polar surface area (TPSA) is 69.9 Å². The van der Waals surface area contributed by atoms with Crippen LogP contribution in [0, 0.1) is 0 Å². The van der Waals surface area contributed by atoms with Gasteiger partial charge in [-0.15, -0.1) is 0 Å². The van der Waals surface area contributed by atoms with Crippen molar-refractivity contribution in [2.75, 3.05) is 0 Å². The highest BCUT2D eigenvalue weighted by atomic mass is 16.3. The predicted molar refractivity (Wildman–Crippen MR) is 75.9 cm³/mol. The summed E-state index contributed by atoms with van der Waals surface area (Å²) in [7, 11) is 0. The first-order valence-corrected chi connectivity index (χ1v) is 6.08. The van der Waals surface area contributed by atoms with E-state index in [2.05, 4.69) is 4.99 Å². The number of benzene rings is 2. The Kier molecular flexibility index (Phi) is 2.84. The largest absolute Gasteiger partial charge is 0.507 e. The van der Waals surface area contributed by atoms with Gasteiger partial charge < -0.3 is 10.2 Å². The third-order valence-corrected chi connectivity index (χ3v) is 3.08. The SMILES string of the molecule is O=C1C=C/C(=N\c2ccccc2O)c2c(O)cccc21. The molecule has 4 heteroatoms. The van der Waals surface area contributed by atoms with Crippen LogP contribution in [0.1, 0.15) is 15.9 Å². The molecule has 0 radical (unpaired) electrons. The van der Waals surface area contributed by atoms with Crippen LogP contribution in [0.15, 0.2) is 59.6 Å². The number of rotatable bonds is 1. The lowest BCUT2D eigenvalue weighted by Crippen LogP contribution is -2.12. The monoisotopic (exact) mass is 265 g/mol. The van der Waals surface area contributed by atoms with Gasteiger partial charge in [0.25, 0.3) is 0 Å². The first-order chi connectivity index (χ1) is 9.66. The molecule has 0 unspecified atom stereocenters. The Morgan fingerprint density at radius 1 is 0.850 bits per heavy atom. The maximum atomic E-state index is 11.8. The first kappa shape index (κ1) is 12.2. The van der Waals surface area contributed by atoms with Gasteiger partial charge in [-0.3, -0.25) is 4.79 Å². The smallest absolute Gasteiger partial charge is 0.186 e. The number of carbonyl (C=O) groups excluding carboxylic acids is 1. The second kappa shape index (κ2) is 4.66. The summed E-state index contributed by atoms with van der Waals surface area (Å²) in [6.45, 7) is 0. The molecule has 0 bridgehead atoms. The predicted octanol–water partition coefficient (Wildman–Crippen LogP) is 2.97. The molecule has 0 aliphatic heterocycles. The lowest BCUT2D eigenvalue weighted by atomic mass is 9.93. The van der Waals surface area contributed by atoms with Gasteiger partial charge in [-0.1, -0.05) is 24.3 Å². The number of phenols is 2. The van der Waals surface area contributed by atoms with Gasteiger partial charge in [0.1, 0.15) is 17.2 Å². The molecular weight excluding hydrogens is 254 g/mol. The molecule has 0 spiro atoms. The first-order valence-electron chi connectivity index (χ1n) is 6.08. The second-order valence-corrected chi connectivity index (χ2v) is 4.38. The molecule has 2 N–H and O–H groups in total. The Morgan fingerprint density at radius 3 is 2.40 bits per heavy atom. The fraction of sp³-hybridized carbons (Fsp3) is 0. The lowest BCUT2D eigenvalue weighted by molar-refractivity contribution is 0.104. The van der Waals surface area contributed by atoms with Crippen LogP contribution in [0.25, 0.3) is 0 Å². The summed E-state index contributed by atoms with van der Waals surface area (Å²) >= 11 is 0. The normalized spacial score (nSPS) is 15.4. The Bertz CT molecular complexity index is 760. The second-order valence-electron chi connectivity index (χ2n) is 4.38. The van der Waals surface area contributed by atoms with E-state index in [1.165, 1.54) is 24.3 Å². The highest BCUT2D eigenvalue weighted by Crippen LogP contribution is 2.31. The number of hydrogen-bond acceptors (Lipinski definition) is 4. The summed E-state index contributed by atoms with van der Waals surface area (Å²) in [6.07, 6.45) is 2.94. The fourth-order valence-corrected chi connectivity index (χ4v) is 2.12. The minimum Gasteiger partial charge on any atom is -0.507 e. The molecular formula is C16H11NO3. The minimum absolute atomic E-state index is 0.00521. The van der Waals surface area contributed by atoms with Crippen molar-refractivity contribution in [1.29, 1.82) is 0 Å². The molecule has 4 nitrogen and oxygen atoms in total. The van der Waals surface area contributed by atoms with Crippen molar-refractivity contribution in [2.24, 2.45) is 4.99 Å². The third-order valence-electron chi connectivity index (χ3n) is 3.08. The van der Waals surface area contributed by atoms with Gasteiger partial charge in [0.2, 0.25) is 0 Å². The van der Waals surface area contributed by atoms with Crippen LogP contribution in [-0.2, 0) is 0 Å². The number of nitrogens with zero attached hydrogens (tertiary/aromatic N) is 1. The molecule has 0 heterocycles. The average Bonchev–Trinajstić information content (AvgIpc) is 2.44. The van der Waals surface area contributed by atoms with Crippen molar-refractivity contribution in [3.8, 4) is 11.5 Å². The summed E-state index contributed by atoms with van der Waals surface area (Å²) in [5.74, 6) is -0.135. The molecule has 1 aliphatic carbocycles. The Balaban J connectivity index is 2.20. The molecule has 1 aliphatic rings. The van der Waals surface area contributed by atoms with Crippen molar-refractivity contribution in [3.63, 3.8) is 0 Å². The summed E-state index contributed by atoms with van der Waals surface area (Å²) in [6, 6.07) is 11.4. The zero-order valence-corrected chi connectivity index (χ0v) is 10.4. The fourth-order valence-electron chi connectivity index (χ4n) is 2.12. The van der Waals surface area contributed by atoms with Crippen molar-refractivity contribution < 1.29 is 15.0 Å². The molecule has 2 aromatic carbocycles. The number of hydrogen-bond donors (Lipinski definition) is 2. The summed E-state index contributed by atoms with van der Waals surface area (Å²) in [5.41, 5.74) is 1.62. The molecule has 0 fully saturated rings. The van der Waals surface area contributed by atoms with E-state index in [9.17, 15) is 15.0 Å². The number of carbonyl (C=O) groups is 1. The maximum absolute atomic E-state index is 11.8. The molecule has 0 aromatic heterocycles. The van der Waals surface area contributed by atoms with Gasteiger partial charge in [-0.2, -0.15) is 0 Å². The van der Waals surface area contributed by atoms with Crippen molar-refractivity contribution >= 4 is 17.2 Å². The number of para-hydroxylation sites is 2. The number of aromatic hydroxyl groups is 2. The van der Waals surface area contributed by atoms with E-state index in [0.717, 1.165) is 0 Å². The molecule has 2 aromatic rings. The van der Waals surface area contributed by atoms with Crippen LogP contribution in [0.5, 0.6) is 11.5 Å². The van der Waals surface area contributed by atoms with Crippen molar-refractivity contribution in [3.05, 3.63) is 65.7 Å². The van der Waals surface area contributed by atoms with Crippen molar-refractivity contribution in [1.82, 2.24) is 0 Å². The zero-order chi connectivity index (χ0) is 14.1. The van der Waals surface area contributed by atoms with Gasteiger partial charge in [0.15, 0.2) is 5.78 Å². The lowest BCUT2D eigenvalue weighted by Gasteiger charge is -2.13. The molecule has 20 heavy (non-hydrogen) atoms. The minimum atomic E-state index is -0.174. The quantitative estimate of drug-likeness (QED) is 0.832. The number of allylic oxidation sites excluding steroid dienone is 2. The highest BCUT2D eigenvalue weighted by Gasteiger charge is 2.20. The van der Waals surface area contributed by atoms with Crippen LogP contribution in [0.2, 0.25) is 0 Å². The van der Waals surface area contributed by atoms with E-state index in [1.54, 1.807) is 30.3 Å². The van der Waals surface area contributed by atoms with Crippen LogP contribution in [-0.4, -0.2) is 21.7 Å². The van der Waals surface area contributed by atoms with E-state index in [-0.39, 0.29) is 17.3 Å². The van der Waals surface area contributed by atoms with Crippen LogP contribution < -0.4 is 0 Å². The van der Waals surface area contributed by atoms with E-state index in [1.807, 2.05) is 0 Å². The van der Waals surface area contributed by atoms with Gasteiger partial charge in [0.05, 0.1) is 11.3 Å². The van der Waals surface area contributed by atoms with Crippen LogP contribution in [0.4, 0.5) is 5.69 Å². The van der Waals surface area contributed by atoms with E-state index >= 15 is 0 Å². The summed E-state index contributed by atoms with van der Waals surface area (Å²) < 4.78 is 0. The molecule has 0 amide bonds. The van der Waals surface area contributed by atoms with E-state index < -0.39 is 0 Å². The van der Waals surface area contributed by atoms with Crippen LogP contribution >= 0.6 is 0 Å². The molecule has 0 saturated carbocycles. The third kappa shape index (κ3) is 1.97. The zero-order valence-electron chi connectivity index (χ0n) is 10.4. The van der Waals surface area contributed by atoms with E-state index in [4.69, 9.17) is 0 Å². The average molecular weight is 265 g/mol. The maximum Gasteiger partial charge on any atom is 0.186 e. The Labute approximate surface area is 115 Å². The Morgan fingerprint density at radius 2 is 1.60 bits per heavy atom. The number of ketones is 1. The number of fused-ring (bicyclic) bond motifs is 1. The van der Waals surface area contributed by atoms with E-state index in [0.29, 0.717) is 22.5 Å². The van der Waals surface area contributed by atoms with Gasteiger partial charge in [0, 0.05) is 5.56 Å². The standard InChI is InChI=1S/C16H11NO3/c18-13-9-8-12(16-10(13)4-3-7-15(16)20)17-11-5-1-2-6-14(11)19/h1-9,19-20H/b17-12+. The molecule has 0 saturated heterocycles. The van der Waals surface area contributed by atoms with Gasteiger partial charge in [-0.05, 0) is 30.4 Å². The molecule has 98 valence electrons. The summed E-state index contributed by atoms with van der Waals surface area (Å²) in [4.78, 5) is 16.1.